The zero-order valence-corrected chi connectivity index (χ0v) is 13.2. The van der Waals surface area contributed by atoms with Crippen LogP contribution in [0.1, 0.15) is 17.9 Å². The molecule has 1 aliphatic rings. The van der Waals surface area contributed by atoms with Gasteiger partial charge in [-0.15, -0.1) is 11.3 Å². The van der Waals surface area contributed by atoms with Gasteiger partial charge in [-0.3, -0.25) is 0 Å². The molecule has 1 fully saturated rings. The molecule has 1 aromatic heterocycles. The number of hydrogen-bond donors (Lipinski definition) is 1. The molecule has 2 atom stereocenters. The number of methoxy groups -OCH3 is 1. The van der Waals surface area contributed by atoms with Gasteiger partial charge in [0.2, 0.25) is 0 Å². The van der Waals surface area contributed by atoms with E-state index >= 15 is 0 Å². The van der Waals surface area contributed by atoms with Crippen LogP contribution in [0.5, 0.6) is 5.75 Å². The molecule has 1 heterocycles. The second-order valence-corrected chi connectivity index (χ2v) is 7.81. The van der Waals surface area contributed by atoms with Crippen molar-refractivity contribution in [2.75, 3.05) is 7.11 Å². The van der Waals surface area contributed by atoms with Crippen molar-refractivity contribution >= 4 is 21.4 Å². The Hall–Kier alpha value is -1.51. The van der Waals surface area contributed by atoms with Crippen LogP contribution in [0.15, 0.2) is 33.9 Å². The summed E-state index contributed by atoms with van der Waals surface area (Å²) in [5, 5.41) is 1.62. The molecule has 1 saturated carbocycles. The molecule has 0 bridgehead atoms. The highest BCUT2D eigenvalue weighted by molar-refractivity contribution is 7.91. The summed E-state index contributed by atoms with van der Waals surface area (Å²) < 4.78 is 59.2. The molecule has 0 radical (unpaired) electrons. The van der Waals surface area contributed by atoms with Crippen molar-refractivity contribution in [1.29, 1.82) is 0 Å². The fraction of sp³-hybridized carbons (Fsp3) is 0.286. The van der Waals surface area contributed by atoms with Crippen molar-refractivity contribution in [1.82, 2.24) is 4.72 Å². The topological polar surface area (TPSA) is 55.4 Å². The van der Waals surface area contributed by atoms with Crippen molar-refractivity contribution < 1.29 is 21.9 Å². The predicted octanol–water partition coefficient (Wildman–Crippen LogP) is 2.87. The third kappa shape index (κ3) is 2.73. The average Bonchev–Trinajstić information content (AvgIpc) is 3.03. The maximum absolute atomic E-state index is 13.7. The standard InChI is InChI=1S/C14H13F2NO3S2/c1-20-12-5-6-21-14(12)22(18,19)17-11-7-9(11)8-3-2-4-10(15)13(8)16/h2-6,9,11,17H,7H2,1H3/t9-,11-/m0/s1. The van der Waals surface area contributed by atoms with E-state index in [0.29, 0.717) is 6.42 Å². The van der Waals surface area contributed by atoms with Gasteiger partial charge in [0.05, 0.1) is 7.11 Å². The average molecular weight is 345 g/mol. The second kappa shape index (κ2) is 5.60. The number of hydrogen-bond acceptors (Lipinski definition) is 4. The first kappa shape index (κ1) is 15.4. The molecule has 0 unspecified atom stereocenters. The number of benzene rings is 1. The van der Waals surface area contributed by atoms with Crippen LogP contribution >= 0.6 is 11.3 Å². The van der Waals surface area contributed by atoms with Crippen LogP contribution in [0.25, 0.3) is 0 Å². The van der Waals surface area contributed by atoms with E-state index in [2.05, 4.69) is 4.72 Å². The Kier molecular flexibility index (Phi) is 3.92. The Bertz CT molecular complexity index is 804. The summed E-state index contributed by atoms with van der Waals surface area (Å²) in [5.74, 6) is -1.92. The van der Waals surface area contributed by atoms with Crippen molar-refractivity contribution in [3.63, 3.8) is 0 Å². The van der Waals surface area contributed by atoms with Gasteiger partial charge in [-0.2, -0.15) is 0 Å². The summed E-state index contributed by atoms with van der Waals surface area (Å²) in [6.45, 7) is 0. The van der Waals surface area contributed by atoms with E-state index in [9.17, 15) is 17.2 Å². The molecule has 0 amide bonds. The monoisotopic (exact) mass is 345 g/mol. The molecule has 1 aliphatic carbocycles. The van der Waals surface area contributed by atoms with Crippen LogP contribution in [-0.2, 0) is 10.0 Å². The molecule has 0 aliphatic heterocycles. The number of sulfonamides is 1. The van der Waals surface area contributed by atoms with E-state index in [1.807, 2.05) is 0 Å². The summed E-state index contributed by atoms with van der Waals surface area (Å²) in [7, 11) is -2.34. The summed E-state index contributed by atoms with van der Waals surface area (Å²) >= 11 is 1.04. The minimum Gasteiger partial charge on any atom is -0.494 e. The summed E-state index contributed by atoms with van der Waals surface area (Å²) in [6.07, 6.45) is 0.438. The van der Waals surface area contributed by atoms with Gasteiger partial charge in [-0.1, -0.05) is 12.1 Å². The maximum atomic E-state index is 13.7. The van der Waals surface area contributed by atoms with Gasteiger partial charge in [0.15, 0.2) is 15.8 Å². The number of thiophene rings is 1. The van der Waals surface area contributed by atoms with Gasteiger partial charge in [0, 0.05) is 12.0 Å². The fourth-order valence-electron chi connectivity index (χ4n) is 2.36. The van der Waals surface area contributed by atoms with Crippen molar-refractivity contribution in [3.05, 3.63) is 46.8 Å². The minimum absolute atomic E-state index is 0.0837. The van der Waals surface area contributed by atoms with E-state index in [-0.39, 0.29) is 21.4 Å². The maximum Gasteiger partial charge on any atom is 0.254 e. The van der Waals surface area contributed by atoms with Crippen LogP contribution in [0.2, 0.25) is 0 Å². The number of ether oxygens (including phenoxy) is 1. The van der Waals surface area contributed by atoms with Gasteiger partial charge in [-0.25, -0.2) is 21.9 Å². The largest absolute Gasteiger partial charge is 0.494 e. The fourth-order valence-corrected chi connectivity index (χ4v) is 4.94. The molecular weight excluding hydrogens is 332 g/mol. The van der Waals surface area contributed by atoms with Gasteiger partial charge in [0.25, 0.3) is 10.0 Å². The van der Waals surface area contributed by atoms with Crippen LogP contribution in [0.4, 0.5) is 8.78 Å². The first-order chi connectivity index (χ1) is 10.4. The van der Waals surface area contributed by atoms with Crippen LogP contribution in [0, 0.1) is 11.6 Å². The van der Waals surface area contributed by atoms with Crippen molar-refractivity contribution in [2.24, 2.45) is 0 Å². The molecule has 22 heavy (non-hydrogen) atoms. The number of halogens is 2. The molecule has 1 N–H and O–H groups in total. The van der Waals surface area contributed by atoms with Crippen LogP contribution < -0.4 is 9.46 Å². The normalized spacial score (nSPS) is 20.9. The van der Waals surface area contributed by atoms with Crippen LogP contribution in [-0.4, -0.2) is 21.6 Å². The molecule has 1 aromatic carbocycles. The molecule has 0 spiro atoms. The lowest BCUT2D eigenvalue weighted by molar-refractivity contribution is 0.406. The first-order valence-corrected chi connectivity index (χ1v) is 8.88. The van der Waals surface area contributed by atoms with Crippen LogP contribution in [0.3, 0.4) is 0 Å². The Morgan fingerprint density at radius 1 is 1.32 bits per heavy atom. The Balaban J connectivity index is 1.77. The Morgan fingerprint density at radius 2 is 2.09 bits per heavy atom. The SMILES string of the molecule is COc1ccsc1S(=O)(=O)N[C@H]1C[C@H]1c1cccc(F)c1F. The molecule has 3 rings (SSSR count). The minimum atomic E-state index is -3.73. The molecule has 2 aromatic rings. The molecule has 0 saturated heterocycles. The molecule has 118 valence electrons. The van der Waals surface area contributed by atoms with E-state index in [1.165, 1.54) is 19.2 Å². The van der Waals surface area contributed by atoms with Crippen molar-refractivity contribution in [3.8, 4) is 5.75 Å². The highest BCUT2D eigenvalue weighted by Gasteiger charge is 2.43. The van der Waals surface area contributed by atoms with Gasteiger partial charge >= 0.3 is 0 Å². The molecule has 8 heteroatoms. The molecule has 4 nitrogen and oxygen atoms in total. The third-order valence-corrected chi connectivity index (χ3v) is 6.47. The highest BCUT2D eigenvalue weighted by Crippen LogP contribution is 2.43. The highest BCUT2D eigenvalue weighted by atomic mass is 32.2. The lowest BCUT2D eigenvalue weighted by atomic mass is 10.1. The number of nitrogens with one attached hydrogen (secondary N) is 1. The quantitative estimate of drug-likeness (QED) is 0.907. The third-order valence-electron chi connectivity index (χ3n) is 3.54. The lowest BCUT2D eigenvalue weighted by Gasteiger charge is -2.07. The number of rotatable bonds is 5. The van der Waals surface area contributed by atoms with Gasteiger partial charge in [0.1, 0.15) is 5.75 Å². The second-order valence-electron chi connectivity index (χ2n) is 4.99. The zero-order chi connectivity index (χ0) is 15.9. The Morgan fingerprint density at radius 3 is 2.82 bits per heavy atom. The van der Waals surface area contributed by atoms with Gasteiger partial charge in [-0.05, 0) is 29.5 Å². The van der Waals surface area contributed by atoms with E-state index < -0.39 is 27.7 Å². The van der Waals surface area contributed by atoms with Crippen molar-refractivity contribution in [2.45, 2.75) is 22.6 Å². The Labute approximate surface area is 130 Å². The molecular formula is C14H13F2NO3S2. The predicted molar refractivity (Wildman–Crippen MR) is 78.7 cm³/mol. The summed E-state index contributed by atoms with van der Waals surface area (Å²) in [4.78, 5) is 0. The first-order valence-electron chi connectivity index (χ1n) is 6.51. The lowest BCUT2D eigenvalue weighted by Crippen LogP contribution is -2.26. The van der Waals surface area contributed by atoms with Gasteiger partial charge < -0.3 is 4.74 Å². The smallest absolute Gasteiger partial charge is 0.254 e. The summed E-state index contributed by atoms with van der Waals surface area (Å²) in [5.41, 5.74) is 0.200. The van der Waals surface area contributed by atoms with E-state index in [1.54, 1.807) is 11.4 Å². The van der Waals surface area contributed by atoms with E-state index in [0.717, 1.165) is 17.4 Å². The van der Waals surface area contributed by atoms with E-state index in [4.69, 9.17) is 4.74 Å². The zero-order valence-electron chi connectivity index (χ0n) is 11.5. The summed E-state index contributed by atoms with van der Waals surface area (Å²) in [6, 6.07) is 5.06.